The summed E-state index contributed by atoms with van der Waals surface area (Å²) < 4.78 is 5.86. The molecule has 0 amide bonds. The van der Waals surface area contributed by atoms with Gasteiger partial charge in [0.1, 0.15) is 0 Å². The van der Waals surface area contributed by atoms with Gasteiger partial charge in [0.05, 0.1) is 17.8 Å². The summed E-state index contributed by atoms with van der Waals surface area (Å²) in [4.78, 5) is 0. The average Bonchev–Trinajstić information content (AvgIpc) is 2.92. The van der Waals surface area contributed by atoms with Gasteiger partial charge in [0.2, 0.25) is 0 Å². The van der Waals surface area contributed by atoms with Crippen LogP contribution < -0.4 is 5.32 Å². The van der Waals surface area contributed by atoms with E-state index in [4.69, 9.17) is 4.74 Å². The first-order chi connectivity index (χ1) is 7.07. The van der Waals surface area contributed by atoms with Gasteiger partial charge in [-0.1, -0.05) is 0 Å². The third-order valence-corrected chi connectivity index (χ3v) is 3.45. The van der Waals surface area contributed by atoms with Crippen molar-refractivity contribution in [3.63, 3.8) is 0 Å². The molecule has 1 saturated carbocycles. The van der Waals surface area contributed by atoms with Crippen LogP contribution in [0.5, 0.6) is 0 Å². The van der Waals surface area contributed by atoms with Crippen LogP contribution in [-0.2, 0) is 4.74 Å². The van der Waals surface area contributed by atoms with Crippen LogP contribution in [0.3, 0.4) is 0 Å². The Hall–Kier alpha value is -0.120. The van der Waals surface area contributed by atoms with Crippen LogP contribution in [0.25, 0.3) is 0 Å². The second kappa shape index (κ2) is 4.40. The molecule has 0 spiro atoms. The lowest BCUT2D eigenvalue weighted by Crippen LogP contribution is -2.35. The van der Waals surface area contributed by atoms with Crippen molar-refractivity contribution >= 4 is 0 Å². The summed E-state index contributed by atoms with van der Waals surface area (Å²) in [5, 5.41) is 13.0. The summed E-state index contributed by atoms with van der Waals surface area (Å²) in [5.41, 5.74) is 0.0570. The first kappa shape index (κ1) is 11.4. The molecule has 0 bridgehead atoms. The minimum atomic E-state index is -0.139. The Balaban J connectivity index is 1.58. The third-order valence-electron chi connectivity index (χ3n) is 3.45. The highest BCUT2D eigenvalue weighted by atomic mass is 16.5. The molecule has 1 saturated heterocycles. The molecule has 1 aliphatic carbocycles. The second-order valence-corrected chi connectivity index (χ2v) is 5.60. The van der Waals surface area contributed by atoms with Crippen molar-refractivity contribution in [1.82, 2.24) is 5.32 Å². The van der Waals surface area contributed by atoms with Gasteiger partial charge in [-0.2, -0.15) is 0 Å². The Kier molecular flexibility index (Phi) is 3.33. The molecule has 2 N–H and O–H groups in total. The summed E-state index contributed by atoms with van der Waals surface area (Å²) in [6, 6.07) is 0. The van der Waals surface area contributed by atoms with Crippen LogP contribution in [0.2, 0.25) is 0 Å². The van der Waals surface area contributed by atoms with Crippen LogP contribution in [0.1, 0.15) is 39.5 Å². The molecular formula is C12H23NO2. The molecule has 2 aliphatic rings. The maximum Gasteiger partial charge on any atom is 0.0707 e. The van der Waals surface area contributed by atoms with Crippen molar-refractivity contribution < 1.29 is 9.84 Å². The molecule has 0 aromatic heterocycles. The first-order valence-electron chi connectivity index (χ1n) is 6.13. The van der Waals surface area contributed by atoms with Gasteiger partial charge in [-0.25, -0.2) is 0 Å². The van der Waals surface area contributed by atoms with E-state index in [0.29, 0.717) is 12.0 Å². The van der Waals surface area contributed by atoms with Gasteiger partial charge in [0.15, 0.2) is 0 Å². The fourth-order valence-corrected chi connectivity index (χ4v) is 2.26. The monoisotopic (exact) mass is 213 g/mol. The first-order valence-corrected chi connectivity index (χ1v) is 6.13. The molecule has 3 heteroatoms. The second-order valence-electron chi connectivity index (χ2n) is 5.60. The normalized spacial score (nSPS) is 31.8. The quantitative estimate of drug-likeness (QED) is 0.723. The van der Waals surface area contributed by atoms with E-state index in [-0.39, 0.29) is 11.7 Å². The van der Waals surface area contributed by atoms with Crippen molar-refractivity contribution in [2.75, 3.05) is 13.1 Å². The Labute approximate surface area is 92.2 Å². The average molecular weight is 213 g/mol. The van der Waals surface area contributed by atoms with E-state index in [1.54, 1.807) is 0 Å². The van der Waals surface area contributed by atoms with Crippen molar-refractivity contribution in [3.05, 3.63) is 0 Å². The molecule has 0 aromatic carbocycles. The third kappa shape index (κ3) is 3.44. The minimum absolute atomic E-state index is 0.0570. The van der Waals surface area contributed by atoms with Crippen molar-refractivity contribution in [1.29, 1.82) is 0 Å². The lowest BCUT2D eigenvalue weighted by atomic mass is 10.1. The standard InChI is InChI=1S/C12H23NO2/c1-12(2)6-5-10(15-12)7-13-8-11(14)9-3-4-9/h9-11,13-14H,3-8H2,1-2H3. The van der Waals surface area contributed by atoms with E-state index >= 15 is 0 Å². The van der Waals surface area contributed by atoms with Gasteiger partial charge < -0.3 is 15.2 Å². The number of aliphatic hydroxyl groups is 1. The number of aliphatic hydroxyl groups excluding tert-OH is 1. The van der Waals surface area contributed by atoms with Gasteiger partial charge >= 0.3 is 0 Å². The molecule has 15 heavy (non-hydrogen) atoms. The molecule has 1 aliphatic heterocycles. The molecular weight excluding hydrogens is 190 g/mol. The highest BCUT2D eigenvalue weighted by Crippen LogP contribution is 2.32. The van der Waals surface area contributed by atoms with Gasteiger partial charge in [-0.3, -0.25) is 0 Å². The molecule has 1 heterocycles. The Morgan fingerprint density at radius 2 is 2.13 bits per heavy atom. The van der Waals surface area contributed by atoms with Crippen LogP contribution >= 0.6 is 0 Å². The number of rotatable bonds is 5. The predicted molar refractivity (Wildman–Crippen MR) is 59.8 cm³/mol. The van der Waals surface area contributed by atoms with Crippen molar-refractivity contribution in [2.45, 2.75) is 57.3 Å². The van der Waals surface area contributed by atoms with Gasteiger partial charge in [-0.05, 0) is 45.4 Å². The summed E-state index contributed by atoms with van der Waals surface area (Å²) in [6.45, 7) is 5.90. The minimum Gasteiger partial charge on any atom is -0.392 e. The lowest BCUT2D eigenvalue weighted by Gasteiger charge is -2.20. The SMILES string of the molecule is CC1(C)CCC(CNCC(O)C2CC2)O1. The Morgan fingerprint density at radius 3 is 2.67 bits per heavy atom. The zero-order valence-corrected chi connectivity index (χ0v) is 9.83. The number of hydrogen-bond donors (Lipinski definition) is 2. The fourth-order valence-electron chi connectivity index (χ4n) is 2.26. The Bertz CT molecular complexity index is 214. The Morgan fingerprint density at radius 1 is 1.40 bits per heavy atom. The number of ether oxygens (including phenoxy) is 1. The molecule has 88 valence electrons. The van der Waals surface area contributed by atoms with Crippen LogP contribution in [0.4, 0.5) is 0 Å². The van der Waals surface area contributed by atoms with E-state index in [0.717, 1.165) is 25.9 Å². The van der Waals surface area contributed by atoms with E-state index in [1.165, 1.54) is 12.8 Å². The maximum atomic E-state index is 9.66. The zero-order valence-electron chi connectivity index (χ0n) is 9.83. The molecule has 0 radical (unpaired) electrons. The molecule has 2 fully saturated rings. The topological polar surface area (TPSA) is 41.5 Å². The van der Waals surface area contributed by atoms with Crippen LogP contribution in [0.15, 0.2) is 0 Å². The summed E-state index contributed by atoms with van der Waals surface area (Å²) in [5.74, 6) is 0.568. The molecule has 3 nitrogen and oxygen atoms in total. The fraction of sp³-hybridized carbons (Fsp3) is 1.00. The number of nitrogens with one attached hydrogen (secondary N) is 1. The van der Waals surface area contributed by atoms with Crippen LogP contribution in [-0.4, -0.2) is 36.0 Å². The van der Waals surface area contributed by atoms with E-state index < -0.39 is 0 Å². The highest BCUT2D eigenvalue weighted by molar-refractivity contribution is 4.84. The smallest absolute Gasteiger partial charge is 0.0707 e. The van der Waals surface area contributed by atoms with Crippen LogP contribution in [0, 0.1) is 5.92 Å². The zero-order chi connectivity index (χ0) is 10.9. The summed E-state index contributed by atoms with van der Waals surface area (Å²) in [6.07, 6.45) is 4.89. The van der Waals surface area contributed by atoms with Gasteiger partial charge in [0, 0.05) is 13.1 Å². The van der Waals surface area contributed by atoms with Gasteiger partial charge in [-0.15, -0.1) is 0 Å². The summed E-state index contributed by atoms with van der Waals surface area (Å²) >= 11 is 0. The molecule has 2 unspecified atom stereocenters. The molecule has 0 aromatic rings. The predicted octanol–water partition coefficient (Wildman–Crippen LogP) is 1.30. The molecule has 2 atom stereocenters. The van der Waals surface area contributed by atoms with E-state index in [2.05, 4.69) is 19.2 Å². The largest absolute Gasteiger partial charge is 0.392 e. The van der Waals surface area contributed by atoms with E-state index in [1.807, 2.05) is 0 Å². The van der Waals surface area contributed by atoms with Gasteiger partial charge in [0.25, 0.3) is 0 Å². The number of hydrogen-bond acceptors (Lipinski definition) is 3. The lowest BCUT2D eigenvalue weighted by molar-refractivity contribution is -0.0151. The van der Waals surface area contributed by atoms with Crippen molar-refractivity contribution in [3.8, 4) is 0 Å². The van der Waals surface area contributed by atoms with Crippen molar-refractivity contribution in [2.24, 2.45) is 5.92 Å². The highest BCUT2D eigenvalue weighted by Gasteiger charge is 2.32. The summed E-state index contributed by atoms with van der Waals surface area (Å²) in [7, 11) is 0. The molecule has 2 rings (SSSR count). The van der Waals surface area contributed by atoms with E-state index in [9.17, 15) is 5.11 Å². The maximum absolute atomic E-state index is 9.66.